The molecule has 1 saturated heterocycles. The molecule has 0 aromatic rings. The summed E-state index contributed by atoms with van der Waals surface area (Å²) in [5, 5.41) is 0. The number of rotatable bonds is 8. The fourth-order valence-electron chi connectivity index (χ4n) is 1.93. The molecule has 3 nitrogen and oxygen atoms in total. The van der Waals surface area contributed by atoms with Crippen molar-refractivity contribution in [3.63, 3.8) is 0 Å². The number of cyclic esters (lactones) is 1. The zero-order valence-electron chi connectivity index (χ0n) is 10.5. The molecule has 1 heterocycles. The standard InChI is InChI=1S/C13H24O3/c1-3-4-5-6-7-8-9-10-12-15-11(2)13(14)16-12/h11-12H,3-10H2,1-2H3/t11-,12-/m1/s1. The van der Waals surface area contributed by atoms with E-state index in [-0.39, 0.29) is 18.4 Å². The van der Waals surface area contributed by atoms with Crippen LogP contribution in [0.2, 0.25) is 0 Å². The van der Waals surface area contributed by atoms with Crippen molar-refractivity contribution in [3.8, 4) is 0 Å². The summed E-state index contributed by atoms with van der Waals surface area (Å²) in [6.07, 6.45) is 9.13. The normalized spacial score (nSPS) is 24.8. The molecule has 0 aromatic carbocycles. The van der Waals surface area contributed by atoms with Gasteiger partial charge in [-0.2, -0.15) is 0 Å². The molecule has 0 N–H and O–H groups in total. The van der Waals surface area contributed by atoms with Gasteiger partial charge in [-0.3, -0.25) is 0 Å². The molecule has 0 radical (unpaired) electrons. The first-order valence-electron chi connectivity index (χ1n) is 6.60. The third-order valence-corrected chi connectivity index (χ3v) is 2.98. The fourth-order valence-corrected chi connectivity index (χ4v) is 1.93. The third kappa shape index (κ3) is 4.97. The van der Waals surface area contributed by atoms with Crippen LogP contribution in [-0.4, -0.2) is 18.4 Å². The highest BCUT2D eigenvalue weighted by molar-refractivity contribution is 5.75. The lowest BCUT2D eigenvalue weighted by Gasteiger charge is -2.08. The van der Waals surface area contributed by atoms with E-state index in [0.29, 0.717) is 0 Å². The molecule has 0 unspecified atom stereocenters. The number of ether oxygens (including phenoxy) is 2. The molecule has 3 heteroatoms. The van der Waals surface area contributed by atoms with Gasteiger partial charge in [-0.25, -0.2) is 4.79 Å². The van der Waals surface area contributed by atoms with E-state index in [4.69, 9.17) is 9.47 Å². The van der Waals surface area contributed by atoms with Crippen LogP contribution >= 0.6 is 0 Å². The molecule has 0 saturated carbocycles. The summed E-state index contributed by atoms with van der Waals surface area (Å²) in [5.74, 6) is -0.215. The van der Waals surface area contributed by atoms with Crippen molar-refractivity contribution in [2.75, 3.05) is 0 Å². The van der Waals surface area contributed by atoms with Crippen molar-refractivity contribution in [3.05, 3.63) is 0 Å². The molecule has 16 heavy (non-hydrogen) atoms. The molecule has 0 aromatic heterocycles. The molecule has 1 aliphatic rings. The summed E-state index contributed by atoms with van der Waals surface area (Å²) in [6.45, 7) is 3.97. The van der Waals surface area contributed by atoms with E-state index in [1.807, 2.05) is 0 Å². The van der Waals surface area contributed by atoms with Crippen molar-refractivity contribution >= 4 is 5.97 Å². The van der Waals surface area contributed by atoms with Crippen LogP contribution in [0.1, 0.15) is 65.2 Å². The van der Waals surface area contributed by atoms with Gasteiger partial charge >= 0.3 is 5.97 Å². The predicted molar refractivity (Wildman–Crippen MR) is 63.0 cm³/mol. The monoisotopic (exact) mass is 228 g/mol. The Morgan fingerprint density at radius 3 is 2.25 bits per heavy atom. The topological polar surface area (TPSA) is 35.5 Å². The van der Waals surface area contributed by atoms with Crippen molar-refractivity contribution in [1.82, 2.24) is 0 Å². The van der Waals surface area contributed by atoms with Crippen molar-refractivity contribution in [2.45, 2.75) is 77.6 Å². The molecule has 1 fully saturated rings. The first-order chi connectivity index (χ1) is 7.74. The Hall–Kier alpha value is -0.570. The summed E-state index contributed by atoms with van der Waals surface area (Å²) in [4.78, 5) is 11.0. The Kier molecular flexibility index (Phi) is 6.46. The van der Waals surface area contributed by atoms with Crippen LogP contribution in [0.5, 0.6) is 0 Å². The lowest BCUT2D eigenvalue weighted by molar-refractivity contribution is -0.143. The van der Waals surface area contributed by atoms with Crippen LogP contribution in [0.25, 0.3) is 0 Å². The van der Waals surface area contributed by atoms with Gasteiger partial charge in [0.15, 0.2) is 6.10 Å². The molecule has 2 atom stereocenters. The fraction of sp³-hybridized carbons (Fsp3) is 0.923. The maximum absolute atomic E-state index is 11.0. The molecule has 94 valence electrons. The number of hydrogen-bond donors (Lipinski definition) is 0. The molecule has 0 aliphatic carbocycles. The average Bonchev–Trinajstić information content (AvgIpc) is 2.57. The molecule has 1 rings (SSSR count). The minimum atomic E-state index is -0.366. The molecular weight excluding hydrogens is 204 g/mol. The van der Waals surface area contributed by atoms with E-state index >= 15 is 0 Å². The lowest BCUT2D eigenvalue weighted by atomic mass is 10.1. The average molecular weight is 228 g/mol. The summed E-state index contributed by atoms with van der Waals surface area (Å²) in [7, 11) is 0. The van der Waals surface area contributed by atoms with E-state index in [2.05, 4.69) is 6.92 Å². The van der Waals surface area contributed by atoms with Crippen LogP contribution in [0.15, 0.2) is 0 Å². The number of carbonyl (C=O) groups is 1. The summed E-state index contributed by atoms with van der Waals surface area (Å²) in [6, 6.07) is 0. The van der Waals surface area contributed by atoms with Crippen LogP contribution < -0.4 is 0 Å². The van der Waals surface area contributed by atoms with E-state index in [9.17, 15) is 4.79 Å². The molecule has 0 bridgehead atoms. The first kappa shape index (κ1) is 13.5. The molecule has 0 spiro atoms. The van der Waals surface area contributed by atoms with Gasteiger partial charge in [0.2, 0.25) is 6.29 Å². The lowest BCUT2D eigenvalue weighted by Crippen LogP contribution is -2.10. The van der Waals surface area contributed by atoms with E-state index in [1.165, 1.54) is 38.5 Å². The summed E-state index contributed by atoms with van der Waals surface area (Å²) >= 11 is 0. The number of carbonyl (C=O) groups excluding carboxylic acids is 1. The zero-order chi connectivity index (χ0) is 11.8. The van der Waals surface area contributed by atoms with Gasteiger partial charge in [-0.05, 0) is 13.3 Å². The van der Waals surface area contributed by atoms with E-state index < -0.39 is 0 Å². The maximum Gasteiger partial charge on any atom is 0.337 e. The van der Waals surface area contributed by atoms with Crippen LogP contribution in [0.4, 0.5) is 0 Å². The maximum atomic E-state index is 11.0. The van der Waals surface area contributed by atoms with Gasteiger partial charge in [0.1, 0.15) is 0 Å². The third-order valence-electron chi connectivity index (χ3n) is 2.98. The SMILES string of the molecule is CCCCCCCCC[C@H]1OC(=O)[C@@H](C)O1. The first-order valence-corrected chi connectivity index (χ1v) is 6.60. The van der Waals surface area contributed by atoms with Gasteiger partial charge in [0.25, 0.3) is 0 Å². The van der Waals surface area contributed by atoms with Crippen molar-refractivity contribution in [2.24, 2.45) is 0 Å². The highest BCUT2D eigenvalue weighted by Gasteiger charge is 2.30. The Morgan fingerprint density at radius 1 is 1.06 bits per heavy atom. The van der Waals surface area contributed by atoms with Crippen molar-refractivity contribution < 1.29 is 14.3 Å². The predicted octanol–water partition coefficient (Wildman–Crippen LogP) is 3.42. The van der Waals surface area contributed by atoms with Gasteiger partial charge in [0, 0.05) is 6.42 Å². The van der Waals surface area contributed by atoms with Gasteiger partial charge in [-0.1, -0.05) is 45.4 Å². The summed E-state index contributed by atoms with van der Waals surface area (Å²) in [5.41, 5.74) is 0. The second kappa shape index (κ2) is 7.66. The summed E-state index contributed by atoms with van der Waals surface area (Å²) < 4.78 is 10.4. The minimum absolute atomic E-state index is 0.215. The highest BCUT2D eigenvalue weighted by atomic mass is 16.7. The smallest absolute Gasteiger partial charge is 0.337 e. The Bertz CT molecular complexity index is 203. The second-order valence-corrected chi connectivity index (χ2v) is 4.55. The number of unbranched alkanes of at least 4 members (excludes halogenated alkanes) is 6. The second-order valence-electron chi connectivity index (χ2n) is 4.55. The van der Waals surface area contributed by atoms with Crippen LogP contribution in [0, 0.1) is 0 Å². The molecule has 0 amide bonds. The highest BCUT2D eigenvalue weighted by Crippen LogP contribution is 2.18. The zero-order valence-corrected chi connectivity index (χ0v) is 10.5. The van der Waals surface area contributed by atoms with Crippen LogP contribution in [-0.2, 0) is 14.3 Å². The molecular formula is C13H24O3. The Labute approximate surface area is 98.5 Å². The van der Waals surface area contributed by atoms with Gasteiger partial charge < -0.3 is 9.47 Å². The quantitative estimate of drug-likeness (QED) is 0.471. The van der Waals surface area contributed by atoms with E-state index in [0.717, 1.165) is 12.8 Å². The minimum Gasteiger partial charge on any atom is -0.434 e. The van der Waals surface area contributed by atoms with Gasteiger partial charge in [0.05, 0.1) is 0 Å². The number of esters is 1. The number of hydrogen-bond acceptors (Lipinski definition) is 3. The largest absolute Gasteiger partial charge is 0.434 e. The van der Waals surface area contributed by atoms with Crippen molar-refractivity contribution in [1.29, 1.82) is 0 Å². The van der Waals surface area contributed by atoms with Gasteiger partial charge in [-0.15, -0.1) is 0 Å². The Morgan fingerprint density at radius 2 is 1.69 bits per heavy atom. The van der Waals surface area contributed by atoms with E-state index in [1.54, 1.807) is 6.92 Å². The van der Waals surface area contributed by atoms with Crippen LogP contribution in [0.3, 0.4) is 0 Å². The molecule has 1 aliphatic heterocycles. The Balaban J connectivity index is 1.90.